The van der Waals surface area contributed by atoms with Gasteiger partial charge in [0.25, 0.3) is 5.91 Å². The Balaban J connectivity index is 1.81. The highest BCUT2D eigenvalue weighted by Gasteiger charge is 2.31. The molecule has 0 aromatic heterocycles. The molecule has 1 amide bonds. The van der Waals surface area contributed by atoms with Crippen LogP contribution in [0, 0.1) is 11.7 Å². The number of sulfonamides is 1. The molecule has 27 heavy (non-hydrogen) atoms. The van der Waals surface area contributed by atoms with Crippen LogP contribution in [0.1, 0.15) is 23.2 Å². The van der Waals surface area contributed by atoms with Crippen LogP contribution in [0.3, 0.4) is 0 Å². The minimum atomic E-state index is -3.85. The largest absolute Gasteiger partial charge is 0.481 e. The Morgan fingerprint density at radius 1 is 1.11 bits per heavy atom. The van der Waals surface area contributed by atoms with E-state index in [-0.39, 0.29) is 62.7 Å². The number of carboxylic acid groups (broad SMARTS) is 1. The molecular formula is C17H21FN2O6S. The smallest absolute Gasteiger partial charge is 0.306 e. The molecule has 1 aromatic rings. The summed E-state index contributed by atoms with van der Waals surface area (Å²) in [5.74, 6) is -2.87. The second-order valence-electron chi connectivity index (χ2n) is 6.56. The third-order valence-corrected chi connectivity index (χ3v) is 6.80. The molecule has 0 unspecified atom stereocenters. The van der Waals surface area contributed by atoms with Crippen LogP contribution >= 0.6 is 0 Å². The van der Waals surface area contributed by atoms with E-state index < -0.39 is 33.6 Å². The maximum atomic E-state index is 14.2. The molecule has 0 saturated carbocycles. The number of aliphatic carboxylic acids is 1. The Morgan fingerprint density at radius 2 is 1.74 bits per heavy atom. The van der Waals surface area contributed by atoms with Crippen molar-refractivity contribution in [2.24, 2.45) is 5.92 Å². The third kappa shape index (κ3) is 4.12. The highest BCUT2D eigenvalue weighted by Crippen LogP contribution is 2.24. The van der Waals surface area contributed by atoms with Crippen molar-refractivity contribution in [3.05, 3.63) is 29.6 Å². The molecule has 2 aliphatic heterocycles. The molecular weight excluding hydrogens is 379 g/mol. The van der Waals surface area contributed by atoms with Crippen LogP contribution in [0.5, 0.6) is 0 Å². The second-order valence-corrected chi connectivity index (χ2v) is 8.50. The van der Waals surface area contributed by atoms with E-state index in [1.165, 1.54) is 9.21 Å². The number of ether oxygens (including phenoxy) is 1. The highest BCUT2D eigenvalue weighted by molar-refractivity contribution is 7.89. The fourth-order valence-electron chi connectivity index (χ4n) is 3.26. The Bertz CT molecular complexity index is 830. The van der Waals surface area contributed by atoms with Gasteiger partial charge in [-0.05, 0) is 31.0 Å². The van der Waals surface area contributed by atoms with Crippen molar-refractivity contribution in [3.63, 3.8) is 0 Å². The predicted molar refractivity (Wildman–Crippen MR) is 92.2 cm³/mol. The number of rotatable bonds is 4. The second kappa shape index (κ2) is 7.91. The predicted octanol–water partition coefficient (Wildman–Crippen LogP) is 0.783. The van der Waals surface area contributed by atoms with Crippen LogP contribution in [0.15, 0.2) is 23.1 Å². The molecule has 0 aliphatic carbocycles. The number of piperidine rings is 1. The molecule has 148 valence electrons. The molecule has 1 N–H and O–H groups in total. The van der Waals surface area contributed by atoms with Gasteiger partial charge in [0, 0.05) is 26.2 Å². The number of carbonyl (C=O) groups is 2. The topological polar surface area (TPSA) is 104 Å². The van der Waals surface area contributed by atoms with Gasteiger partial charge in [-0.2, -0.15) is 4.31 Å². The molecule has 0 atom stereocenters. The fraction of sp³-hybridized carbons (Fsp3) is 0.529. The van der Waals surface area contributed by atoms with Crippen LogP contribution in [0.2, 0.25) is 0 Å². The van der Waals surface area contributed by atoms with Crippen LogP contribution in [0.4, 0.5) is 4.39 Å². The molecule has 2 aliphatic rings. The highest BCUT2D eigenvalue weighted by atomic mass is 32.2. The SMILES string of the molecule is O=C(O)C1CCN(C(=O)c2cc(S(=O)(=O)N3CCOCC3)ccc2F)CC1. The minimum absolute atomic E-state index is 0.144. The number of hydrogen-bond acceptors (Lipinski definition) is 5. The van der Waals surface area contributed by atoms with Crippen molar-refractivity contribution in [1.82, 2.24) is 9.21 Å². The molecule has 0 radical (unpaired) electrons. The normalized spacial score (nSPS) is 19.8. The maximum absolute atomic E-state index is 14.2. The Kier molecular flexibility index (Phi) is 5.78. The van der Waals surface area contributed by atoms with Crippen molar-refractivity contribution >= 4 is 21.9 Å². The van der Waals surface area contributed by atoms with Gasteiger partial charge in [-0.1, -0.05) is 0 Å². The summed E-state index contributed by atoms with van der Waals surface area (Å²) in [5, 5.41) is 9.03. The zero-order chi connectivity index (χ0) is 19.6. The quantitative estimate of drug-likeness (QED) is 0.801. The summed E-state index contributed by atoms with van der Waals surface area (Å²) in [7, 11) is -3.85. The van der Waals surface area contributed by atoms with E-state index in [1.54, 1.807) is 0 Å². The van der Waals surface area contributed by atoms with Gasteiger partial charge in [-0.25, -0.2) is 12.8 Å². The standard InChI is InChI=1S/C17H21FN2O6S/c18-15-2-1-13(27(24,25)20-7-9-26-10-8-20)11-14(15)16(21)19-5-3-12(4-6-19)17(22)23/h1-2,11-12H,3-10H2,(H,22,23). The summed E-state index contributed by atoms with van der Waals surface area (Å²) in [6, 6.07) is 3.18. The zero-order valence-electron chi connectivity index (χ0n) is 14.6. The van der Waals surface area contributed by atoms with Crippen molar-refractivity contribution < 1.29 is 32.2 Å². The monoisotopic (exact) mass is 400 g/mol. The first kappa shape index (κ1) is 19.7. The fourth-order valence-corrected chi connectivity index (χ4v) is 4.70. The number of halogens is 1. The molecule has 0 spiro atoms. The van der Waals surface area contributed by atoms with Crippen LogP contribution < -0.4 is 0 Å². The minimum Gasteiger partial charge on any atom is -0.481 e. The van der Waals surface area contributed by atoms with E-state index in [2.05, 4.69) is 0 Å². The number of hydrogen-bond donors (Lipinski definition) is 1. The van der Waals surface area contributed by atoms with Gasteiger partial charge in [0.05, 0.1) is 29.6 Å². The number of morpholine rings is 1. The van der Waals surface area contributed by atoms with E-state index in [1.807, 2.05) is 0 Å². The first-order chi connectivity index (χ1) is 12.8. The van der Waals surface area contributed by atoms with Gasteiger partial charge in [-0.3, -0.25) is 9.59 Å². The summed E-state index contributed by atoms with van der Waals surface area (Å²) in [6.07, 6.45) is 0.572. The number of likely N-dealkylation sites (tertiary alicyclic amines) is 1. The van der Waals surface area contributed by atoms with Crippen LogP contribution in [-0.2, 0) is 19.6 Å². The Labute approximate surface area is 156 Å². The average molecular weight is 400 g/mol. The van der Waals surface area contributed by atoms with E-state index >= 15 is 0 Å². The van der Waals surface area contributed by atoms with Crippen LogP contribution in [-0.4, -0.2) is 74.0 Å². The average Bonchev–Trinajstić information content (AvgIpc) is 2.68. The summed E-state index contributed by atoms with van der Waals surface area (Å²) in [5.41, 5.74) is -0.321. The van der Waals surface area contributed by atoms with Gasteiger partial charge in [0.1, 0.15) is 5.82 Å². The van der Waals surface area contributed by atoms with E-state index in [0.29, 0.717) is 0 Å². The van der Waals surface area contributed by atoms with Crippen molar-refractivity contribution in [2.45, 2.75) is 17.7 Å². The van der Waals surface area contributed by atoms with Crippen molar-refractivity contribution in [1.29, 1.82) is 0 Å². The van der Waals surface area contributed by atoms with Gasteiger partial charge in [0.15, 0.2) is 0 Å². The first-order valence-electron chi connectivity index (χ1n) is 8.70. The molecule has 2 saturated heterocycles. The molecule has 2 heterocycles. The Morgan fingerprint density at radius 3 is 2.33 bits per heavy atom. The lowest BCUT2D eigenvalue weighted by molar-refractivity contribution is -0.143. The third-order valence-electron chi connectivity index (χ3n) is 4.91. The zero-order valence-corrected chi connectivity index (χ0v) is 15.5. The van der Waals surface area contributed by atoms with Crippen molar-refractivity contribution in [3.8, 4) is 0 Å². The lowest BCUT2D eigenvalue weighted by atomic mass is 9.96. The molecule has 3 rings (SSSR count). The van der Waals surface area contributed by atoms with Gasteiger partial charge in [-0.15, -0.1) is 0 Å². The summed E-state index contributed by atoms with van der Waals surface area (Å²) < 4.78 is 46.1. The molecule has 0 bridgehead atoms. The van der Waals surface area contributed by atoms with Gasteiger partial charge < -0.3 is 14.7 Å². The Hall–Kier alpha value is -2.04. The van der Waals surface area contributed by atoms with E-state index in [9.17, 15) is 22.4 Å². The summed E-state index contributed by atoms with van der Waals surface area (Å²) in [4.78, 5) is 24.9. The molecule has 10 heteroatoms. The lowest BCUT2D eigenvalue weighted by Gasteiger charge is -2.30. The number of benzene rings is 1. The number of nitrogens with zero attached hydrogens (tertiary/aromatic N) is 2. The van der Waals surface area contributed by atoms with E-state index in [4.69, 9.17) is 9.84 Å². The molecule has 8 nitrogen and oxygen atoms in total. The first-order valence-corrected chi connectivity index (χ1v) is 10.1. The van der Waals surface area contributed by atoms with Crippen molar-refractivity contribution in [2.75, 3.05) is 39.4 Å². The van der Waals surface area contributed by atoms with Gasteiger partial charge >= 0.3 is 5.97 Å². The van der Waals surface area contributed by atoms with Crippen LogP contribution in [0.25, 0.3) is 0 Å². The van der Waals surface area contributed by atoms with E-state index in [0.717, 1.165) is 18.2 Å². The maximum Gasteiger partial charge on any atom is 0.306 e. The lowest BCUT2D eigenvalue weighted by Crippen LogP contribution is -2.41. The summed E-state index contributed by atoms with van der Waals surface area (Å²) in [6.45, 7) is 1.35. The number of carbonyl (C=O) groups excluding carboxylic acids is 1. The molecule has 2 fully saturated rings. The summed E-state index contributed by atoms with van der Waals surface area (Å²) >= 11 is 0. The molecule has 1 aromatic carbocycles. The number of amides is 1. The number of carboxylic acids is 1. The van der Waals surface area contributed by atoms with Gasteiger partial charge in [0.2, 0.25) is 10.0 Å².